The van der Waals surface area contributed by atoms with Crippen molar-refractivity contribution < 1.29 is 4.79 Å². The Morgan fingerprint density at radius 1 is 1.20 bits per heavy atom. The molecule has 0 radical (unpaired) electrons. The number of benzene rings is 1. The summed E-state index contributed by atoms with van der Waals surface area (Å²) in [6, 6.07) is 10.4. The van der Waals surface area contributed by atoms with Crippen molar-refractivity contribution in [1.82, 2.24) is 28.9 Å². The predicted octanol–water partition coefficient (Wildman–Crippen LogP) is 5.08. The van der Waals surface area contributed by atoms with Crippen LogP contribution in [-0.2, 0) is 13.0 Å². The zero-order valence-corrected chi connectivity index (χ0v) is 21.4. The maximum atomic E-state index is 14.0. The third-order valence-electron chi connectivity index (χ3n) is 6.96. The number of carbonyl (C=O) groups excluding carboxylic acids is 1. The first-order valence-electron chi connectivity index (χ1n) is 11.8. The van der Waals surface area contributed by atoms with Crippen LogP contribution >= 0.6 is 23.3 Å². The fraction of sp³-hybridized carbons (Fsp3) is 0.308. The Hall–Kier alpha value is -3.01. The lowest BCUT2D eigenvalue weighted by molar-refractivity contribution is 0.0776. The minimum atomic E-state index is -0.648. The van der Waals surface area contributed by atoms with E-state index < -0.39 is 5.41 Å². The average molecular weight is 503 g/mol. The number of nitrogens with zero attached hydrogens (tertiary/aromatic N) is 6. The number of hydrogen-bond acceptors (Lipinski definition) is 7. The summed E-state index contributed by atoms with van der Waals surface area (Å²) in [6.45, 7) is 6.49. The monoisotopic (exact) mass is 502 g/mol. The van der Waals surface area contributed by atoms with Gasteiger partial charge < -0.3 is 0 Å². The van der Waals surface area contributed by atoms with Crippen LogP contribution in [0.25, 0.3) is 11.8 Å². The number of hydrogen-bond donors (Lipinski definition) is 0. The number of rotatable bonds is 6. The van der Waals surface area contributed by atoms with Crippen LogP contribution in [0.5, 0.6) is 0 Å². The van der Waals surface area contributed by atoms with Crippen LogP contribution in [0, 0.1) is 12.3 Å². The molecule has 4 aromatic rings. The normalized spacial score (nSPS) is 19.8. The molecule has 0 spiro atoms. The predicted molar refractivity (Wildman–Crippen MR) is 139 cm³/mol. The molecule has 6 rings (SSSR count). The van der Waals surface area contributed by atoms with E-state index in [-0.39, 0.29) is 5.78 Å². The van der Waals surface area contributed by atoms with Gasteiger partial charge in [-0.15, -0.1) is 11.3 Å². The first-order chi connectivity index (χ1) is 17.1. The molecular formula is C26H26N6OS2. The molecular weight excluding hydrogens is 476 g/mol. The zero-order chi connectivity index (χ0) is 24.0. The maximum absolute atomic E-state index is 14.0. The first-order valence-corrected chi connectivity index (χ1v) is 13.5. The highest BCUT2D eigenvalue weighted by atomic mass is 32.2. The number of fused-ring (bicyclic) bond motifs is 2. The van der Waals surface area contributed by atoms with E-state index in [1.54, 1.807) is 17.5 Å². The van der Waals surface area contributed by atoms with Crippen molar-refractivity contribution in [2.45, 2.75) is 38.3 Å². The topological polar surface area (TPSA) is 68.8 Å². The molecule has 0 N–H and O–H groups in total. The molecule has 178 valence electrons. The van der Waals surface area contributed by atoms with Crippen molar-refractivity contribution in [2.75, 3.05) is 13.1 Å². The SMILES string of the molecule is CCn1nccc1SN1CCC2=Cc3c(cnn3-c3ccc(C)cc3)CC2(C(=O)c2cscn2)C1. The highest BCUT2D eigenvalue weighted by Crippen LogP contribution is 2.48. The van der Waals surface area contributed by atoms with E-state index in [1.165, 1.54) is 22.5 Å². The van der Waals surface area contributed by atoms with Gasteiger partial charge in [-0.05, 0) is 68.5 Å². The quantitative estimate of drug-likeness (QED) is 0.271. The Morgan fingerprint density at radius 3 is 2.83 bits per heavy atom. The van der Waals surface area contributed by atoms with E-state index in [2.05, 4.69) is 58.6 Å². The van der Waals surface area contributed by atoms with E-state index in [0.29, 0.717) is 18.7 Å². The lowest BCUT2D eigenvalue weighted by Crippen LogP contribution is -2.49. The summed E-state index contributed by atoms with van der Waals surface area (Å²) in [7, 11) is 0. The van der Waals surface area contributed by atoms with Crippen LogP contribution in [-0.4, -0.2) is 47.7 Å². The van der Waals surface area contributed by atoms with Crippen molar-refractivity contribution in [3.63, 3.8) is 0 Å². The largest absolute Gasteiger partial charge is 0.291 e. The summed E-state index contributed by atoms with van der Waals surface area (Å²) in [5.74, 6) is 0.105. The van der Waals surface area contributed by atoms with Crippen LogP contribution in [0.4, 0.5) is 0 Å². The minimum absolute atomic E-state index is 0.105. The number of aromatic nitrogens is 5. The highest BCUT2D eigenvalue weighted by molar-refractivity contribution is 7.97. The van der Waals surface area contributed by atoms with Gasteiger partial charge in [0.1, 0.15) is 10.7 Å². The molecule has 1 aliphatic carbocycles. The highest BCUT2D eigenvalue weighted by Gasteiger charge is 2.49. The maximum Gasteiger partial charge on any atom is 0.193 e. The first kappa shape index (κ1) is 22.5. The van der Waals surface area contributed by atoms with Gasteiger partial charge in [0.15, 0.2) is 5.78 Å². The van der Waals surface area contributed by atoms with E-state index in [1.807, 2.05) is 33.2 Å². The van der Waals surface area contributed by atoms with Crippen molar-refractivity contribution in [2.24, 2.45) is 5.41 Å². The summed E-state index contributed by atoms with van der Waals surface area (Å²) < 4.78 is 6.32. The molecule has 1 atom stereocenters. The average Bonchev–Trinajstić information content (AvgIpc) is 3.64. The Labute approximate surface area is 212 Å². The second kappa shape index (κ2) is 8.89. The molecule has 1 saturated heterocycles. The van der Waals surface area contributed by atoms with Crippen LogP contribution < -0.4 is 0 Å². The molecule has 0 bridgehead atoms. The minimum Gasteiger partial charge on any atom is -0.291 e. The molecule has 0 amide bonds. The Bertz CT molecular complexity index is 1400. The Morgan fingerprint density at radius 2 is 2.06 bits per heavy atom. The van der Waals surface area contributed by atoms with Gasteiger partial charge in [0, 0.05) is 25.0 Å². The Kier molecular flexibility index (Phi) is 5.70. The molecule has 9 heteroatoms. The molecule has 2 aliphatic rings. The molecule has 0 saturated carbocycles. The summed E-state index contributed by atoms with van der Waals surface area (Å²) in [6.07, 6.45) is 7.43. The molecule has 1 aliphatic heterocycles. The lowest BCUT2D eigenvalue weighted by atomic mass is 9.65. The van der Waals surface area contributed by atoms with E-state index in [4.69, 9.17) is 5.10 Å². The van der Waals surface area contributed by atoms with Gasteiger partial charge in [-0.2, -0.15) is 10.2 Å². The molecule has 35 heavy (non-hydrogen) atoms. The summed E-state index contributed by atoms with van der Waals surface area (Å²) in [5, 5.41) is 12.1. The number of ketones is 1. The van der Waals surface area contributed by atoms with Gasteiger partial charge in [0.05, 0.1) is 34.7 Å². The standard InChI is InChI=1S/C26H26N6OS2/c1-3-31-24(8-10-28-31)35-30-11-9-20-12-23-19(14-29-32(23)21-6-4-18(2)5-7-21)13-26(20,16-30)25(33)22-15-34-17-27-22/h4-8,10,12,14-15,17H,3,9,11,13,16H2,1-2H3. The number of piperidine rings is 1. The van der Waals surface area contributed by atoms with Crippen molar-refractivity contribution >= 4 is 35.1 Å². The second-order valence-corrected chi connectivity index (χ2v) is 11.0. The fourth-order valence-electron chi connectivity index (χ4n) is 5.12. The number of Topliss-reactive ketones (excluding diaryl/α,β-unsaturated/α-hetero) is 1. The molecule has 1 fully saturated rings. The fourth-order valence-corrected chi connectivity index (χ4v) is 6.78. The number of carbonyl (C=O) groups is 1. The van der Waals surface area contributed by atoms with E-state index >= 15 is 0 Å². The smallest absolute Gasteiger partial charge is 0.193 e. The lowest BCUT2D eigenvalue weighted by Gasteiger charge is -2.44. The van der Waals surface area contributed by atoms with Gasteiger partial charge in [0.2, 0.25) is 0 Å². The molecule has 4 heterocycles. The second-order valence-electron chi connectivity index (χ2n) is 9.12. The number of aryl methyl sites for hydroxylation is 2. The van der Waals surface area contributed by atoms with Crippen LogP contribution in [0.1, 0.15) is 40.7 Å². The van der Waals surface area contributed by atoms with Gasteiger partial charge in [0.25, 0.3) is 0 Å². The van der Waals surface area contributed by atoms with Gasteiger partial charge in [-0.25, -0.2) is 14.0 Å². The van der Waals surface area contributed by atoms with Crippen molar-refractivity contribution in [3.8, 4) is 5.69 Å². The summed E-state index contributed by atoms with van der Waals surface area (Å²) in [4.78, 5) is 18.4. The van der Waals surface area contributed by atoms with Crippen LogP contribution in [0.15, 0.2) is 64.2 Å². The van der Waals surface area contributed by atoms with Crippen molar-refractivity contribution in [1.29, 1.82) is 0 Å². The van der Waals surface area contributed by atoms with E-state index in [9.17, 15) is 4.79 Å². The van der Waals surface area contributed by atoms with Gasteiger partial charge >= 0.3 is 0 Å². The number of thiazole rings is 1. The zero-order valence-electron chi connectivity index (χ0n) is 19.7. The molecule has 1 aromatic carbocycles. The summed E-state index contributed by atoms with van der Waals surface area (Å²) in [5.41, 5.74) is 7.26. The van der Waals surface area contributed by atoms with Gasteiger partial charge in [-0.1, -0.05) is 23.3 Å². The molecule has 7 nitrogen and oxygen atoms in total. The summed E-state index contributed by atoms with van der Waals surface area (Å²) >= 11 is 3.16. The van der Waals surface area contributed by atoms with Crippen LogP contribution in [0.3, 0.4) is 0 Å². The third-order valence-corrected chi connectivity index (χ3v) is 8.65. The van der Waals surface area contributed by atoms with E-state index in [0.717, 1.165) is 41.5 Å². The van der Waals surface area contributed by atoms with Crippen LogP contribution in [0.2, 0.25) is 0 Å². The van der Waals surface area contributed by atoms with Crippen molar-refractivity contribution in [3.05, 3.63) is 81.7 Å². The Balaban J connectivity index is 1.39. The third kappa shape index (κ3) is 3.87. The molecule has 3 aromatic heterocycles. The molecule has 1 unspecified atom stereocenters. The van der Waals surface area contributed by atoms with Gasteiger partial charge in [-0.3, -0.25) is 9.48 Å².